The maximum Gasteiger partial charge on any atom is 0.573 e. The van der Waals surface area contributed by atoms with Gasteiger partial charge in [0, 0.05) is 18.0 Å². The lowest BCUT2D eigenvalue weighted by atomic mass is 10.1. The van der Waals surface area contributed by atoms with Crippen LogP contribution in [0.15, 0.2) is 54.9 Å². The second kappa shape index (κ2) is 10.5. The van der Waals surface area contributed by atoms with Gasteiger partial charge in [0.05, 0.1) is 11.6 Å². The molecular formula is C25H23ClF3N5O2. The molecule has 3 heterocycles. The number of carbonyl (C=O) groups excluding carboxylic acids is 1. The molecule has 0 saturated heterocycles. The Morgan fingerprint density at radius 2 is 1.94 bits per heavy atom. The molecule has 1 saturated carbocycles. The van der Waals surface area contributed by atoms with Gasteiger partial charge in [-0.25, -0.2) is 15.0 Å². The van der Waals surface area contributed by atoms with E-state index >= 15 is 0 Å². The average molecular weight is 518 g/mol. The second-order valence-electron chi connectivity index (χ2n) is 7.84. The molecule has 7 nitrogen and oxygen atoms in total. The first kappa shape index (κ1) is 25.4. The maximum absolute atomic E-state index is 12.9. The minimum Gasteiger partial charge on any atom is -0.406 e. The summed E-state index contributed by atoms with van der Waals surface area (Å²) in [6.45, 7) is 3.99. The molecule has 0 bridgehead atoms. The van der Waals surface area contributed by atoms with Crippen LogP contribution in [0.25, 0.3) is 17.0 Å². The number of halogens is 4. The van der Waals surface area contributed by atoms with Crippen molar-refractivity contribution < 1.29 is 22.7 Å². The van der Waals surface area contributed by atoms with Gasteiger partial charge in [0.25, 0.3) is 5.91 Å². The zero-order valence-corrected chi connectivity index (χ0v) is 20.3. The molecule has 1 N–H and O–H groups in total. The minimum absolute atomic E-state index is 0.0113. The topological polar surface area (TPSA) is 81.9 Å². The molecule has 1 aliphatic rings. The number of fused-ring (bicyclic) bond motifs is 1. The predicted octanol–water partition coefficient (Wildman–Crippen LogP) is 6.20. The Morgan fingerprint density at radius 3 is 2.61 bits per heavy atom. The first-order valence-corrected chi connectivity index (χ1v) is 11.8. The standard InChI is InChI=1S/C23H17ClF3N5O2.C2H6/c24-16-5-6-19(29-11-16)32-20(31-18-2-1-7-28-21(18)32)12-30-22(33)15-8-14(13-3-4-13)9-17(10-15)34-23(25,26)27;1-2/h1-2,5-11,13H,3-4,12H2,(H,30,33);1-2H3. The van der Waals surface area contributed by atoms with E-state index in [9.17, 15) is 18.0 Å². The van der Waals surface area contributed by atoms with Crippen LogP contribution in [0.2, 0.25) is 5.02 Å². The zero-order valence-electron chi connectivity index (χ0n) is 19.5. The van der Waals surface area contributed by atoms with Crippen LogP contribution in [0.3, 0.4) is 0 Å². The number of benzene rings is 1. The number of pyridine rings is 2. The van der Waals surface area contributed by atoms with Crippen LogP contribution in [0.4, 0.5) is 13.2 Å². The van der Waals surface area contributed by atoms with Crippen LogP contribution in [-0.2, 0) is 6.54 Å². The van der Waals surface area contributed by atoms with Gasteiger partial charge in [-0.1, -0.05) is 25.4 Å². The lowest BCUT2D eigenvalue weighted by molar-refractivity contribution is -0.274. The molecule has 5 rings (SSSR count). The molecule has 1 amide bonds. The van der Waals surface area contributed by atoms with Gasteiger partial charge in [-0.15, -0.1) is 13.2 Å². The average Bonchev–Trinajstić information content (AvgIpc) is 3.64. The highest BCUT2D eigenvalue weighted by Gasteiger charge is 2.33. The van der Waals surface area contributed by atoms with Crippen molar-refractivity contribution in [1.82, 2.24) is 24.8 Å². The third kappa shape index (κ3) is 5.93. The zero-order chi connectivity index (χ0) is 25.9. The van der Waals surface area contributed by atoms with E-state index in [1.165, 1.54) is 12.3 Å². The summed E-state index contributed by atoms with van der Waals surface area (Å²) in [5, 5.41) is 3.20. The normalized spacial score (nSPS) is 13.2. The van der Waals surface area contributed by atoms with E-state index in [4.69, 9.17) is 11.6 Å². The quantitative estimate of drug-likeness (QED) is 0.329. The van der Waals surface area contributed by atoms with Crippen LogP contribution < -0.4 is 10.1 Å². The summed E-state index contributed by atoms with van der Waals surface area (Å²) >= 11 is 5.95. The molecule has 3 aromatic heterocycles. The van der Waals surface area contributed by atoms with Crippen molar-refractivity contribution in [3.8, 4) is 11.6 Å². The fourth-order valence-corrected chi connectivity index (χ4v) is 3.79. The predicted molar refractivity (Wildman–Crippen MR) is 129 cm³/mol. The van der Waals surface area contributed by atoms with Gasteiger partial charge in [-0.05, 0) is 66.8 Å². The Kier molecular flexibility index (Phi) is 7.44. The Bertz CT molecular complexity index is 1370. The van der Waals surface area contributed by atoms with Gasteiger partial charge in [-0.3, -0.25) is 9.36 Å². The fraction of sp³-hybridized carbons (Fsp3) is 0.280. The Balaban J connectivity index is 0.00000148. The van der Waals surface area contributed by atoms with Crippen molar-refractivity contribution in [3.63, 3.8) is 0 Å². The lowest BCUT2D eigenvalue weighted by Crippen LogP contribution is -2.25. The molecule has 1 aliphatic carbocycles. The van der Waals surface area contributed by atoms with E-state index in [0.717, 1.165) is 18.9 Å². The lowest BCUT2D eigenvalue weighted by Gasteiger charge is -2.13. The summed E-state index contributed by atoms with van der Waals surface area (Å²) < 4.78 is 44.1. The number of nitrogens with zero attached hydrogens (tertiary/aromatic N) is 4. The largest absolute Gasteiger partial charge is 0.573 e. The summed E-state index contributed by atoms with van der Waals surface area (Å²) in [6, 6.07) is 10.9. The summed E-state index contributed by atoms with van der Waals surface area (Å²) in [6.07, 6.45) is -0.0213. The number of hydrogen-bond donors (Lipinski definition) is 1. The molecule has 0 unspecified atom stereocenters. The van der Waals surface area contributed by atoms with E-state index in [1.54, 1.807) is 41.1 Å². The molecule has 0 radical (unpaired) electrons. The van der Waals surface area contributed by atoms with E-state index < -0.39 is 18.0 Å². The van der Waals surface area contributed by atoms with Crippen molar-refractivity contribution in [3.05, 3.63) is 76.8 Å². The van der Waals surface area contributed by atoms with Gasteiger partial charge in [0.15, 0.2) is 5.65 Å². The highest BCUT2D eigenvalue weighted by Crippen LogP contribution is 2.42. The maximum atomic E-state index is 12.9. The van der Waals surface area contributed by atoms with Crippen molar-refractivity contribution in [2.24, 2.45) is 0 Å². The number of ether oxygens (including phenoxy) is 1. The molecule has 1 fully saturated rings. The highest BCUT2D eigenvalue weighted by molar-refractivity contribution is 6.30. The second-order valence-corrected chi connectivity index (χ2v) is 8.28. The number of carbonyl (C=O) groups is 1. The minimum atomic E-state index is -4.85. The van der Waals surface area contributed by atoms with Crippen LogP contribution in [0.5, 0.6) is 5.75 Å². The number of hydrogen-bond acceptors (Lipinski definition) is 5. The molecule has 0 atom stereocenters. The Morgan fingerprint density at radius 1 is 1.17 bits per heavy atom. The fourth-order valence-electron chi connectivity index (χ4n) is 3.68. The number of alkyl halides is 3. The number of aromatic nitrogens is 4. The smallest absolute Gasteiger partial charge is 0.406 e. The highest BCUT2D eigenvalue weighted by atomic mass is 35.5. The van der Waals surface area contributed by atoms with Gasteiger partial charge in [-0.2, -0.15) is 0 Å². The Labute approximate surface area is 210 Å². The summed E-state index contributed by atoms with van der Waals surface area (Å²) in [7, 11) is 0. The van der Waals surface area contributed by atoms with E-state index in [0.29, 0.717) is 33.4 Å². The van der Waals surface area contributed by atoms with Crippen molar-refractivity contribution in [2.75, 3.05) is 0 Å². The van der Waals surface area contributed by atoms with E-state index in [2.05, 4.69) is 25.0 Å². The Hall–Kier alpha value is -3.66. The third-order valence-electron chi connectivity index (χ3n) is 5.31. The molecule has 1 aromatic carbocycles. The summed E-state index contributed by atoms with van der Waals surface area (Å²) in [5.41, 5.74) is 1.86. The van der Waals surface area contributed by atoms with Crippen molar-refractivity contribution in [1.29, 1.82) is 0 Å². The van der Waals surface area contributed by atoms with Crippen molar-refractivity contribution >= 4 is 28.7 Å². The molecule has 11 heteroatoms. The van der Waals surface area contributed by atoms with Crippen LogP contribution in [0.1, 0.15) is 54.4 Å². The number of rotatable bonds is 6. The van der Waals surface area contributed by atoms with Crippen LogP contribution >= 0.6 is 11.6 Å². The van der Waals surface area contributed by atoms with Crippen LogP contribution in [0, 0.1) is 0 Å². The number of nitrogens with one attached hydrogen (secondary N) is 1. The third-order valence-corrected chi connectivity index (χ3v) is 5.53. The summed E-state index contributed by atoms with van der Waals surface area (Å²) in [4.78, 5) is 26.1. The molecule has 0 spiro atoms. The van der Waals surface area contributed by atoms with Crippen molar-refractivity contribution in [2.45, 2.75) is 45.5 Å². The number of amides is 1. The van der Waals surface area contributed by atoms with E-state index in [-0.39, 0.29) is 18.0 Å². The van der Waals surface area contributed by atoms with Gasteiger partial charge in [0.1, 0.15) is 22.9 Å². The van der Waals surface area contributed by atoms with Gasteiger partial charge >= 0.3 is 6.36 Å². The molecule has 4 aromatic rings. The molecule has 188 valence electrons. The van der Waals surface area contributed by atoms with Gasteiger partial charge in [0.2, 0.25) is 0 Å². The van der Waals surface area contributed by atoms with E-state index in [1.807, 2.05) is 13.8 Å². The number of imidazole rings is 1. The molecule has 0 aliphatic heterocycles. The first-order chi connectivity index (χ1) is 17.3. The molecular weight excluding hydrogens is 495 g/mol. The molecule has 36 heavy (non-hydrogen) atoms. The SMILES string of the molecule is CC.O=C(NCc1nc2cccnc2n1-c1ccc(Cl)cn1)c1cc(OC(F)(F)F)cc(C2CC2)c1. The van der Waals surface area contributed by atoms with Crippen LogP contribution in [-0.4, -0.2) is 31.8 Å². The monoisotopic (exact) mass is 517 g/mol. The summed E-state index contributed by atoms with van der Waals surface area (Å²) in [5.74, 6) is 0.122. The van der Waals surface area contributed by atoms with Gasteiger partial charge < -0.3 is 10.1 Å². The first-order valence-electron chi connectivity index (χ1n) is 11.4.